The smallest absolute Gasteiger partial charge is 0.109 e. The topological polar surface area (TPSA) is 29.5 Å². The summed E-state index contributed by atoms with van der Waals surface area (Å²) in [6.07, 6.45) is 5.29. The third-order valence-corrected chi connectivity index (χ3v) is 1.67. The van der Waals surface area contributed by atoms with Gasteiger partial charge >= 0.3 is 0 Å². The third-order valence-electron chi connectivity index (χ3n) is 1.67. The van der Waals surface area contributed by atoms with Gasteiger partial charge in [0.05, 0.1) is 12.7 Å². The molecule has 0 aromatic carbocycles. The first-order valence-electron chi connectivity index (χ1n) is 3.51. The molecule has 0 bridgehead atoms. The van der Waals surface area contributed by atoms with E-state index in [1.807, 2.05) is 0 Å². The van der Waals surface area contributed by atoms with E-state index in [2.05, 4.69) is 0 Å². The van der Waals surface area contributed by atoms with Gasteiger partial charge in [0, 0.05) is 0 Å². The zero-order valence-electron chi connectivity index (χ0n) is 5.55. The van der Waals surface area contributed by atoms with Gasteiger partial charge in [0.1, 0.15) is 6.61 Å². The number of ether oxygens (including phenoxy) is 1. The number of aliphatic hydroxyl groups is 1. The highest BCUT2D eigenvalue weighted by atomic mass is 16.5. The van der Waals surface area contributed by atoms with Crippen molar-refractivity contribution in [2.75, 3.05) is 6.61 Å². The van der Waals surface area contributed by atoms with Gasteiger partial charge in [-0.15, -0.1) is 0 Å². The number of aliphatic hydroxyl groups excluding tert-OH is 1. The van der Waals surface area contributed by atoms with Crippen molar-refractivity contribution in [2.45, 2.75) is 31.8 Å². The van der Waals surface area contributed by atoms with E-state index in [-0.39, 0.29) is 6.61 Å². The van der Waals surface area contributed by atoms with Crippen LogP contribution in [0.3, 0.4) is 0 Å². The average molecular weight is 129 g/mol. The lowest BCUT2D eigenvalue weighted by Gasteiger charge is -2.07. The Morgan fingerprint density at radius 2 is 2.11 bits per heavy atom. The van der Waals surface area contributed by atoms with Crippen LogP contribution in [0.15, 0.2) is 0 Å². The van der Waals surface area contributed by atoms with Gasteiger partial charge in [-0.2, -0.15) is 0 Å². The molecule has 53 valence electrons. The molecule has 1 aliphatic rings. The van der Waals surface area contributed by atoms with E-state index in [1.54, 1.807) is 0 Å². The molecule has 0 spiro atoms. The minimum absolute atomic E-state index is 0.0382. The van der Waals surface area contributed by atoms with E-state index < -0.39 is 0 Å². The summed E-state index contributed by atoms with van der Waals surface area (Å²) in [4.78, 5) is 0. The Balaban J connectivity index is 1.98. The van der Waals surface area contributed by atoms with Crippen molar-refractivity contribution in [3.05, 3.63) is 6.61 Å². The first kappa shape index (κ1) is 7.03. The largest absolute Gasteiger partial charge is 0.394 e. The van der Waals surface area contributed by atoms with Crippen LogP contribution in [0.4, 0.5) is 0 Å². The van der Waals surface area contributed by atoms with Crippen molar-refractivity contribution in [3.8, 4) is 0 Å². The van der Waals surface area contributed by atoms with Crippen molar-refractivity contribution in [2.24, 2.45) is 0 Å². The Labute approximate surface area is 55.8 Å². The molecule has 1 saturated carbocycles. The van der Waals surface area contributed by atoms with E-state index in [4.69, 9.17) is 9.84 Å². The fourth-order valence-corrected chi connectivity index (χ4v) is 1.20. The second-order valence-corrected chi connectivity index (χ2v) is 2.39. The summed E-state index contributed by atoms with van der Waals surface area (Å²) in [6, 6.07) is 0. The van der Waals surface area contributed by atoms with Crippen molar-refractivity contribution >= 4 is 0 Å². The lowest BCUT2D eigenvalue weighted by molar-refractivity contribution is 0.0838. The number of hydrogen-bond acceptors (Lipinski definition) is 2. The Bertz CT molecular complexity index is 67.3. The Hall–Kier alpha value is -0.0800. The molecule has 1 rings (SSSR count). The third kappa shape index (κ3) is 2.33. The van der Waals surface area contributed by atoms with Crippen molar-refractivity contribution in [1.82, 2.24) is 0 Å². The molecule has 9 heavy (non-hydrogen) atoms. The summed E-state index contributed by atoms with van der Waals surface area (Å²) in [6.45, 7) is 1.52. The molecular formula is C7H13O2. The first-order valence-corrected chi connectivity index (χ1v) is 3.51. The molecule has 0 heterocycles. The van der Waals surface area contributed by atoms with Crippen molar-refractivity contribution in [3.63, 3.8) is 0 Å². The molecule has 0 aromatic rings. The molecule has 1 N–H and O–H groups in total. The van der Waals surface area contributed by atoms with E-state index >= 15 is 0 Å². The summed E-state index contributed by atoms with van der Waals surface area (Å²) in [5.41, 5.74) is 0. The molecule has 0 aromatic heterocycles. The fourth-order valence-electron chi connectivity index (χ4n) is 1.20. The maximum absolute atomic E-state index is 8.35. The van der Waals surface area contributed by atoms with E-state index in [0.29, 0.717) is 6.10 Å². The van der Waals surface area contributed by atoms with Crippen LogP contribution in [0.1, 0.15) is 25.7 Å². The minimum Gasteiger partial charge on any atom is -0.394 e. The molecule has 0 atom stereocenters. The summed E-state index contributed by atoms with van der Waals surface area (Å²) < 4.78 is 5.18. The monoisotopic (exact) mass is 129 g/mol. The van der Waals surface area contributed by atoms with Crippen LogP contribution in [-0.2, 0) is 4.74 Å². The van der Waals surface area contributed by atoms with E-state index in [1.165, 1.54) is 19.4 Å². The average Bonchev–Trinajstić information content (AvgIpc) is 2.34. The standard InChI is InChI=1S/C7H13O2/c8-5-6-9-7-3-1-2-4-7/h6-8H,1-5H2. The quantitative estimate of drug-likeness (QED) is 0.618. The Morgan fingerprint density at radius 3 is 2.67 bits per heavy atom. The zero-order valence-corrected chi connectivity index (χ0v) is 5.55. The lowest BCUT2D eigenvalue weighted by atomic mass is 10.3. The SMILES string of the molecule is OC[CH]OC1CCCC1. The molecular weight excluding hydrogens is 116 g/mol. The van der Waals surface area contributed by atoms with Crippen molar-refractivity contribution < 1.29 is 9.84 Å². The van der Waals surface area contributed by atoms with Gasteiger partial charge in [-0.3, -0.25) is 0 Å². The number of hydrogen-bond donors (Lipinski definition) is 1. The maximum Gasteiger partial charge on any atom is 0.109 e. The molecule has 0 amide bonds. The predicted octanol–water partition coefficient (Wildman–Crippen LogP) is 1.10. The molecule has 2 heteroatoms. The highest BCUT2D eigenvalue weighted by Gasteiger charge is 2.14. The molecule has 0 saturated heterocycles. The van der Waals surface area contributed by atoms with Crippen LogP contribution < -0.4 is 0 Å². The van der Waals surface area contributed by atoms with Gasteiger partial charge in [-0.25, -0.2) is 0 Å². The molecule has 0 unspecified atom stereocenters. The van der Waals surface area contributed by atoms with Gasteiger partial charge in [-0.05, 0) is 12.8 Å². The van der Waals surface area contributed by atoms with Gasteiger partial charge < -0.3 is 9.84 Å². The van der Waals surface area contributed by atoms with Crippen LogP contribution in [0, 0.1) is 6.61 Å². The highest BCUT2D eigenvalue weighted by molar-refractivity contribution is 4.68. The second kappa shape index (κ2) is 3.85. The zero-order chi connectivity index (χ0) is 6.53. The molecule has 0 aliphatic heterocycles. The molecule has 1 radical (unpaired) electrons. The fraction of sp³-hybridized carbons (Fsp3) is 0.857. The van der Waals surface area contributed by atoms with Gasteiger partial charge in [0.25, 0.3) is 0 Å². The minimum atomic E-state index is 0.0382. The van der Waals surface area contributed by atoms with Gasteiger partial charge in [0.15, 0.2) is 0 Å². The molecule has 2 nitrogen and oxygen atoms in total. The normalized spacial score (nSPS) is 21.0. The van der Waals surface area contributed by atoms with Gasteiger partial charge in [0.2, 0.25) is 0 Å². The van der Waals surface area contributed by atoms with Crippen LogP contribution in [0.5, 0.6) is 0 Å². The first-order chi connectivity index (χ1) is 4.43. The van der Waals surface area contributed by atoms with Crippen LogP contribution in [0.25, 0.3) is 0 Å². The predicted molar refractivity (Wildman–Crippen MR) is 34.7 cm³/mol. The van der Waals surface area contributed by atoms with Gasteiger partial charge in [-0.1, -0.05) is 12.8 Å². The summed E-state index contributed by atoms with van der Waals surface area (Å²) in [5.74, 6) is 0. The highest BCUT2D eigenvalue weighted by Crippen LogP contribution is 2.20. The Morgan fingerprint density at radius 1 is 1.44 bits per heavy atom. The maximum atomic E-state index is 8.35. The van der Waals surface area contributed by atoms with Crippen LogP contribution in [-0.4, -0.2) is 17.8 Å². The lowest BCUT2D eigenvalue weighted by Crippen LogP contribution is -2.06. The van der Waals surface area contributed by atoms with Crippen molar-refractivity contribution in [1.29, 1.82) is 0 Å². The van der Waals surface area contributed by atoms with Crippen LogP contribution in [0.2, 0.25) is 0 Å². The Kier molecular flexibility index (Phi) is 3.01. The number of rotatable bonds is 3. The summed E-state index contributed by atoms with van der Waals surface area (Å²) >= 11 is 0. The van der Waals surface area contributed by atoms with Crippen LogP contribution >= 0.6 is 0 Å². The van der Waals surface area contributed by atoms with E-state index in [0.717, 1.165) is 12.8 Å². The van der Waals surface area contributed by atoms with E-state index in [9.17, 15) is 0 Å². The summed E-state index contributed by atoms with van der Waals surface area (Å²) in [5, 5.41) is 8.35. The molecule has 1 fully saturated rings. The molecule has 1 aliphatic carbocycles. The summed E-state index contributed by atoms with van der Waals surface area (Å²) in [7, 11) is 0. The second-order valence-electron chi connectivity index (χ2n) is 2.39.